The van der Waals surface area contributed by atoms with Crippen LogP contribution in [-0.4, -0.2) is 22.6 Å². The SMILES string of the molecule is CCCNC(=O)c1ccc(NCc2ccccc2F)nn1. The topological polar surface area (TPSA) is 66.9 Å². The van der Waals surface area contributed by atoms with Crippen molar-refractivity contribution in [3.8, 4) is 0 Å². The fourth-order valence-corrected chi connectivity index (χ4v) is 1.70. The molecule has 2 rings (SSSR count). The van der Waals surface area contributed by atoms with E-state index in [-0.39, 0.29) is 17.4 Å². The summed E-state index contributed by atoms with van der Waals surface area (Å²) in [6.45, 7) is 2.89. The largest absolute Gasteiger partial charge is 0.364 e. The van der Waals surface area contributed by atoms with E-state index in [4.69, 9.17) is 0 Å². The first-order valence-corrected chi connectivity index (χ1v) is 6.80. The molecule has 2 N–H and O–H groups in total. The van der Waals surface area contributed by atoms with Gasteiger partial charge in [-0.25, -0.2) is 4.39 Å². The molecule has 2 aromatic rings. The maximum absolute atomic E-state index is 13.5. The third-order valence-corrected chi connectivity index (χ3v) is 2.85. The molecule has 0 radical (unpaired) electrons. The molecule has 0 aliphatic heterocycles. The number of benzene rings is 1. The molecule has 1 heterocycles. The first-order chi connectivity index (χ1) is 10.2. The van der Waals surface area contributed by atoms with Gasteiger partial charge in [-0.05, 0) is 24.6 Å². The van der Waals surface area contributed by atoms with Gasteiger partial charge in [0.05, 0.1) is 0 Å². The van der Waals surface area contributed by atoms with E-state index in [0.717, 1.165) is 6.42 Å². The number of carbonyl (C=O) groups excluding carboxylic acids is 1. The van der Waals surface area contributed by atoms with Gasteiger partial charge in [-0.1, -0.05) is 25.1 Å². The lowest BCUT2D eigenvalue weighted by Gasteiger charge is -2.07. The van der Waals surface area contributed by atoms with Crippen molar-refractivity contribution >= 4 is 11.7 Å². The lowest BCUT2D eigenvalue weighted by Crippen LogP contribution is -2.25. The monoisotopic (exact) mass is 288 g/mol. The van der Waals surface area contributed by atoms with Crippen molar-refractivity contribution in [3.63, 3.8) is 0 Å². The predicted octanol–water partition coefficient (Wildman–Crippen LogP) is 2.37. The van der Waals surface area contributed by atoms with Crippen molar-refractivity contribution in [1.29, 1.82) is 0 Å². The zero-order valence-electron chi connectivity index (χ0n) is 11.8. The van der Waals surface area contributed by atoms with Gasteiger partial charge in [0, 0.05) is 18.7 Å². The van der Waals surface area contributed by atoms with Gasteiger partial charge in [-0.2, -0.15) is 0 Å². The van der Waals surface area contributed by atoms with Crippen LogP contribution in [0.3, 0.4) is 0 Å². The minimum Gasteiger partial charge on any atom is -0.364 e. The molecule has 0 aliphatic rings. The van der Waals surface area contributed by atoms with Gasteiger partial charge >= 0.3 is 0 Å². The van der Waals surface area contributed by atoms with E-state index < -0.39 is 0 Å². The van der Waals surface area contributed by atoms with E-state index >= 15 is 0 Å². The molecule has 110 valence electrons. The number of hydrogen-bond acceptors (Lipinski definition) is 4. The highest BCUT2D eigenvalue weighted by molar-refractivity contribution is 5.92. The Morgan fingerprint density at radius 3 is 2.67 bits per heavy atom. The van der Waals surface area contributed by atoms with Crippen molar-refractivity contribution in [3.05, 3.63) is 53.5 Å². The minimum absolute atomic E-state index is 0.245. The number of nitrogens with one attached hydrogen (secondary N) is 2. The highest BCUT2D eigenvalue weighted by Crippen LogP contribution is 2.09. The van der Waals surface area contributed by atoms with Crippen LogP contribution in [-0.2, 0) is 6.54 Å². The van der Waals surface area contributed by atoms with E-state index in [9.17, 15) is 9.18 Å². The van der Waals surface area contributed by atoms with Crippen LogP contribution in [0.15, 0.2) is 36.4 Å². The van der Waals surface area contributed by atoms with Gasteiger partial charge in [0.25, 0.3) is 5.91 Å². The van der Waals surface area contributed by atoms with Gasteiger partial charge in [-0.15, -0.1) is 10.2 Å². The quantitative estimate of drug-likeness (QED) is 0.856. The maximum Gasteiger partial charge on any atom is 0.271 e. The molecule has 0 saturated heterocycles. The van der Waals surface area contributed by atoms with Crippen molar-refractivity contribution in [1.82, 2.24) is 15.5 Å². The molecule has 5 nitrogen and oxygen atoms in total. The molecule has 0 fully saturated rings. The summed E-state index contributed by atoms with van der Waals surface area (Å²) < 4.78 is 13.5. The summed E-state index contributed by atoms with van der Waals surface area (Å²) in [6, 6.07) is 9.75. The van der Waals surface area contributed by atoms with Gasteiger partial charge < -0.3 is 10.6 Å². The van der Waals surface area contributed by atoms with Gasteiger partial charge in [-0.3, -0.25) is 4.79 Å². The average Bonchev–Trinajstić information content (AvgIpc) is 2.52. The van der Waals surface area contributed by atoms with Gasteiger partial charge in [0.1, 0.15) is 11.6 Å². The van der Waals surface area contributed by atoms with Crippen LogP contribution in [0.1, 0.15) is 29.4 Å². The number of halogens is 1. The normalized spacial score (nSPS) is 10.2. The van der Waals surface area contributed by atoms with E-state index in [1.165, 1.54) is 6.07 Å². The zero-order chi connectivity index (χ0) is 15.1. The molecule has 21 heavy (non-hydrogen) atoms. The van der Waals surface area contributed by atoms with Crippen molar-refractivity contribution in [2.24, 2.45) is 0 Å². The fraction of sp³-hybridized carbons (Fsp3) is 0.267. The van der Waals surface area contributed by atoms with Crippen LogP contribution >= 0.6 is 0 Å². The van der Waals surface area contributed by atoms with Crippen LogP contribution in [0.4, 0.5) is 10.2 Å². The Morgan fingerprint density at radius 1 is 1.19 bits per heavy atom. The standard InChI is InChI=1S/C15H17FN4O/c1-2-9-17-15(21)13-7-8-14(20-19-13)18-10-11-5-3-4-6-12(11)16/h3-8H,2,9-10H2,1H3,(H,17,21)(H,18,20). The Kier molecular flexibility index (Phi) is 5.20. The molecule has 0 spiro atoms. The highest BCUT2D eigenvalue weighted by atomic mass is 19.1. The summed E-state index contributed by atoms with van der Waals surface area (Å²) in [6.07, 6.45) is 0.863. The van der Waals surface area contributed by atoms with Crippen LogP contribution < -0.4 is 10.6 Å². The maximum atomic E-state index is 13.5. The smallest absolute Gasteiger partial charge is 0.271 e. The highest BCUT2D eigenvalue weighted by Gasteiger charge is 2.07. The summed E-state index contributed by atoms with van der Waals surface area (Å²) in [5, 5.41) is 13.4. The molecule has 0 aliphatic carbocycles. The number of anilines is 1. The summed E-state index contributed by atoms with van der Waals surface area (Å²) in [4.78, 5) is 11.7. The Balaban J connectivity index is 1.93. The number of hydrogen-bond donors (Lipinski definition) is 2. The van der Waals surface area contributed by atoms with E-state index in [1.807, 2.05) is 6.92 Å². The van der Waals surface area contributed by atoms with E-state index in [2.05, 4.69) is 20.8 Å². The second-order valence-corrected chi connectivity index (χ2v) is 4.50. The molecule has 0 unspecified atom stereocenters. The Morgan fingerprint density at radius 2 is 2.00 bits per heavy atom. The second kappa shape index (κ2) is 7.33. The Labute approximate surface area is 122 Å². The minimum atomic E-state index is -0.270. The number of carbonyl (C=O) groups is 1. The van der Waals surface area contributed by atoms with Crippen LogP contribution in [0.5, 0.6) is 0 Å². The van der Waals surface area contributed by atoms with Crippen molar-refractivity contribution in [2.75, 3.05) is 11.9 Å². The summed E-state index contributed by atoms with van der Waals surface area (Å²) in [7, 11) is 0. The van der Waals surface area contributed by atoms with Gasteiger partial charge in [0.2, 0.25) is 0 Å². The van der Waals surface area contributed by atoms with E-state index in [1.54, 1.807) is 30.3 Å². The van der Waals surface area contributed by atoms with Crippen molar-refractivity contribution in [2.45, 2.75) is 19.9 Å². The third kappa shape index (κ3) is 4.24. The first-order valence-electron chi connectivity index (χ1n) is 6.80. The second-order valence-electron chi connectivity index (χ2n) is 4.50. The van der Waals surface area contributed by atoms with E-state index in [0.29, 0.717) is 24.5 Å². The lowest BCUT2D eigenvalue weighted by atomic mass is 10.2. The number of amides is 1. The van der Waals surface area contributed by atoms with Crippen LogP contribution in [0, 0.1) is 5.82 Å². The molecular formula is C15H17FN4O. The zero-order valence-corrected chi connectivity index (χ0v) is 11.8. The summed E-state index contributed by atoms with van der Waals surface area (Å²) >= 11 is 0. The van der Waals surface area contributed by atoms with Crippen LogP contribution in [0.2, 0.25) is 0 Å². The summed E-state index contributed by atoms with van der Waals surface area (Å²) in [5.74, 6) is -0.0242. The molecule has 1 aromatic heterocycles. The molecule has 0 saturated carbocycles. The molecule has 0 atom stereocenters. The number of rotatable bonds is 6. The predicted molar refractivity (Wildman–Crippen MR) is 78.4 cm³/mol. The molecule has 6 heteroatoms. The first kappa shape index (κ1) is 14.9. The molecule has 1 amide bonds. The summed E-state index contributed by atoms with van der Waals surface area (Å²) in [5.41, 5.74) is 0.809. The lowest BCUT2D eigenvalue weighted by molar-refractivity contribution is 0.0947. The average molecular weight is 288 g/mol. The molecule has 0 bridgehead atoms. The molecular weight excluding hydrogens is 271 g/mol. The van der Waals surface area contributed by atoms with Crippen LogP contribution in [0.25, 0.3) is 0 Å². The molecule has 1 aromatic carbocycles. The number of aromatic nitrogens is 2. The fourth-order valence-electron chi connectivity index (χ4n) is 1.70. The van der Waals surface area contributed by atoms with Gasteiger partial charge in [0.15, 0.2) is 5.69 Å². The van der Waals surface area contributed by atoms with Crippen molar-refractivity contribution < 1.29 is 9.18 Å². The number of nitrogens with zero attached hydrogens (tertiary/aromatic N) is 2. The Bertz CT molecular complexity index is 601. The third-order valence-electron chi connectivity index (χ3n) is 2.85. The Hall–Kier alpha value is -2.50.